The van der Waals surface area contributed by atoms with Gasteiger partial charge in [-0.15, -0.1) is 5.11 Å². The molecular weight excluding hydrogens is 196 g/mol. The lowest BCUT2D eigenvalue weighted by Crippen LogP contribution is -2.12. The van der Waals surface area contributed by atoms with Crippen molar-refractivity contribution in [2.24, 2.45) is 10.2 Å². The lowest BCUT2D eigenvalue weighted by atomic mass is 10.0. The fraction of sp³-hybridized carbons (Fsp3) is 0.200. The summed E-state index contributed by atoms with van der Waals surface area (Å²) in [6.45, 7) is 0. The Kier molecular flexibility index (Phi) is 2.29. The fourth-order valence-corrected chi connectivity index (χ4v) is 1.36. The Morgan fingerprint density at radius 2 is 2.13 bits per heavy atom. The van der Waals surface area contributed by atoms with Crippen molar-refractivity contribution in [1.29, 1.82) is 0 Å². The van der Waals surface area contributed by atoms with Crippen LogP contribution in [-0.2, 0) is 9.59 Å². The van der Waals surface area contributed by atoms with Crippen molar-refractivity contribution in [3.8, 4) is 5.75 Å². The highest BCUT2D eigenvalue weighted by Crippen LogP contribution is 2.26. The minimum absolute atomic E-state index is 0.594. The van der Waals surface area contributed by atoms with Gasteiger partial charge in [0.1, 0.15) is 5.75 Å². The number of methoxy groups -OCH3 is 1. The van der Waals surface area contributed by atoms with E-state index in [0.29, 0.717) is 11.3 Å². The van der Waals surface area contributed by atoms with Gasteiger partial charge in [0.2, 0.25) is 0 Å². The van der Waals surface area contributed by atoms with Gasteiger partial charge in [-0.2, -0.15) is 5.11 Å². The summed E-state index contributed by atoms with van der Waals surface area (Å²) < 4.78 is 5.01. The molecule has 0 saturated heterocycles. The molecule has 0 bridgehead atoms. The first-order valence-electron chi connectivity index (χ1n) is 4.35. The van der Waals surface area contributed by atoms with Crippen LogP contribution in [0.2, 0.25) is 0 Å². The first kappa shape index (κ1) is 9.51. The van der Waals surface area contributed by atoms with Crippen LogP contribution in [0.4, 0.5) is 0 Å². The molecule has 0 fully saturated rings. The maximum atomic E-state index is 11.3. The van der Waals surface area contributed by atoms with E-state index < -0.39 is 17.7 Å². The van der Waals surface area contributed by atoms with Gasteiger partial charge < -0.3 is 4.74 Å². The highest BCUT2D eigenvalue weighted by Gasteiger charge is 2.32. The summed E-state index contributed by atoms with van der Waals surface area (Å²) in [5, 5.41) is 6.84. The van der Waals surface area contributed by atoms with Gasteiger partial charge in [0, 0.05) is 0 Å². The van der Waals surface area contributed by atoms with Crippen LogP contribution < -0.4 is 4.74 Å². The summed E-state index contributed by atoms with van der Waals surface area (Å²) in [6, 6.07) is 6.07. The summed E-state index contributed by atoms with van der Waals surface area (Å²) >= 11 is 0. The van der Waals surface area contributed by atoms with Crippen molar-refractivity contribution in [3.63, 3.8) is 0 Å². The van der Waals surface area contributed by atoms with E-state index in [1.54, 1.807) is 24.3 Å². The van der Waals surface area contributed by atoms with E-state index >= 15 is 0 Å². The maximum absolute atomic E-state index is 11.3. The Labute approximate surface area is 85.8 Å². The van der Waals surface area contributed by atoms with E-state index in [1.807, 2.05) is 0 Å². The molecule has 5 nitrogen and oxygen atoms in total. The van der Waals surface area contributed by atoms with Gasteiger partial charge in [0.05, 0.1) is 7.11 Å². The van der Waals surface area contributed by atoms with Crippen LogP contribution in [0.25, 0.3) is 0 Å². The number of carbonyl (C=O) groups excluding carboxylic acids is 2. The zero-order chi connectivity index (χ0) is 10.8. The largest absolute Gasteiger partial charge is 0.497 e. The Hall–Kier alpha value is -2.04. The molecule has 1 atom stereocenters. The van der Waals surface area contributed by atoms with Gasteiger partial charge in [0.15, 0.2) is 6.04 Å². The molecule has 1 aliphatic heterocycles. The second kappa shape index (κ2) is 3.61. The molecule has 1 amide bonds. The van der Waals surface area contributed by atoms with Gasteiger partial charge in [-0.25, -0.2) is 0 Å². The quantitative estimate of drug-likeness (QED) is 0.682. The molecule has 76 valence electrons. The molecule has 5 heteroatoms. The first-order chi connectivity index (χ1) is 7.22. The number of hydrogen-bond acceptors (Lipinski definition) is 4. The molecule has 0 spiro atoms. The highest BCUT2D eigenvalue weighted by molar-refractivity contribution is 6.39. The minimum Gasteiger partial charge on any atom is -0.497 e. The van der Waals surface area contributed by atoms with E-state index in [1.165, 1.54) is 7.11 Å². The molecule has 2 rings (SSSR count). The highest BCUT2D eigenvalue weighted by atomic mass is 16.5. The third kappa shape index (κ3) is 1.63. The number of benzene rings is 1. The zero-order valence-electron chi connectivity index (χ0n) is 8.01. The molecule has 1 unspecified atom stereocenters. The van der Waals surface area contributed by atoms with Gasteiger partial charge in [-0.3, -0.25) is 9.59 Å². The van der Waals surface area contributed by atoms with Crippen LogP contribution in [0.3, 0.4) is 0 Å². The van der Waals surface area contributed by atoms with E-state index in [0.717, 1.165) is 0 Å². The number of ketones is 1. The summed E-state index contributed by atoms with van der Waals surface area (Å²) in [5.41, 5.74) is 0.619. The van der Waals surface area contributed by atoms with Crippen LogP contribution in [0.1, 0.15) is 11.6 Å². The van der Waals surface area contributed by atoms with Gasteiger partial charge in [0.25, 0.3) is 5.78 Å². The van der Waals surface area contributed by atoms with Gasteiger partial charge in [-0.05, 0) is 17.7 Å². The minimum atomic E-state index is -0.799. The predicted molar refractivity (Wildman–Crippen MR) is 50.6 cm³/mol. The van der Waals surface area contributed by atoms with Crippen molar-refractivity contribution in [2.45, 2.75) is 6.04 Å². The zero-order valence-corrected chi connectivity index (χ0v) is 8.01. The molecule has 0 radical (unpaired) electrons. The third-order valence-corrected chi connectivity index (χ3v) is 2.13. The number of Topliss-reactive ketones (excluding diaryl/α,β-unsaturated/α-hetero) is 1. The predicted octanol–water partition coefficient (Wildman–Crippen LogP) is 1.30. The first-order valence-corrected chi connectivity index (χ1v) is 4.35. The van der Waals surface area contributed by atoms with Crippen LogP contribution >= 0.6 is 0 Å². The maximum Gasteiger partial charge on any atom is 0.333 e. The lowest BCUT2D eigenvalue weighted by Gasteiger charge is -2.05. The number of amides is 1. The third-order valence-electron chi connectivity index (χ3n) is 2.13. The molecule has 1 heterocycles. The molecule has 15 heavy (non-hydrogen) atoms. The topological polar surface area (TPSA) is 68.1 Å². The Balaban J connectivity index is 2.34. The number of hydrogen-bond donors (Lipinski definition) is 0. The van der Waals surface area contributed by atoms with Crippen molar-refractivity contribution in [1.82, 2.24) is 0 Å². The van der Waals surface area contributed by atoms with E-state index in [2.05, 4.69) is 10.2 Å². The van der Waals surface area contributed by atoms with Crippen LogP contribution in [0.15, 0.2) is 34.5 Å². The normalized spacial score (nSPS) is 19.7. The molecule has 0 saturated carbocycles. The Bertz CT molecular complexity index is 454. The van der Waals surface area contributed by atoms with Crippen LogP contribution in [0, 0.1) is 0 Å². The number of carbonyl (C=O) groups is 2. The number of nitrogens with zero attached hydrogens (tertiary/aromatic N) is 2. The standard InChI is InChI=1S/C10H8N2O3/c1-15-7-4-2-3-6(5-7)8-9(13)10(14)12-11-8/h2-5,8H,1H3. The molecule has 1 aromatic rings. The smallest absolute Gasteiger partial charge is 0.333 e. The van der Waals surface area contributed by atoms with Crippen molar-refractivity contribution >= 4 is 11.7 Å². The molecule has 0 N–H and O–H groups in total. The van der Waals surface area contributed by atoms with Crippen molar-refractivity contribution < 1.29 is 14.3 Å². The number of ether oxygens (including phenoxy) is 1. The Morgan fingerprint density at radius 3 is 2.73 bits per heavy atom. The van der Waals surface area contributed by atoms with Crippen LogP contribution in [-0.4, -0.2) is 18.8 Å². The van der Waals surface area contributed by atoms with Crippen molar-refractivity contribution in [2.75, 3.05) is 7.11 Å². The van der Waals surface area contributed by atoms with E-state index in [4.69, 9.17) is 4.74 Å². The number of rotatable bonds is 2. The monoisotopic (exact) mass is 204 g/mol. The fourth-order valence-electron chi connectivity index (χ4n) is 1.36. The van der Waals surface area contributed by atoms with E-state index in [-0.39, 0.29) is 0 Å². The second-order valence-electron chi connectivity index (χ2n) is 3.06. The SMILES string of the molecule is COc1cccc(C2N=NC(=O)C2=O)c1. The molecular formula is C10H8N2O3. The Morgan fingerprint density at radius 1 is 1.33 bits per heavy atom. The summed E-state index contributed by atoms with van der Waals surface area (Å²) in [7, 11) is 1.53. The summed E-state index contributed by atoms with van der Waals surface area (Å²) in [4.78, 5) is 22.2. The second-order valence-corrected chi connectivity index (χ2v) is 3.06. The van der Waals surface area contributed by atoms with Gasteiger partial charge >= 0.3 is 5.91 Å². The molecule has 1 aromatic carbocycles. The lowest BCUT2D eigenvalue weighted by molar-refractivity contribution is -0.135. The number of azo groups is 1. The molecule has 1 aliphatic rings. The van der Waals surface area contributed by atoms with Gasteiger partial charge in [-0.1, -0.05) is 12.1 Å². The van der Waals surface area contributed by atoms with E-state index in [9.17, 15) is 9.59 Å². The molecule has 0 aliphatic carbocycles. The summed E-state index contributed by atoms with van der Waals surface area (Å²) in [6.07, 6.45) is 0. The van der Waals surface area contributed by atoms with Crippen LogP contribution in [0.5, 0.6) is 5.75 Å². The average Bonchev–Trinajstić information content (AvgIpc) is 2.60. The average molecular weight is 204 g/mol. The van der Waals surface area contributed by atoms with Crippen molar-refractivity contribution in [3.05, 3.63) is 29.8 Å². The summed E-state index contributed by atoms with van der Waals surface area (Å²) in [5.74, 6) is -0.763. The molecule has 0 aromatic heterocycles.